The van der Waals surface area contributed by atoms with Crippen LogP contribution < -0.4 is 0 Å². The van der Waals surface area contributed by atoms with Crippen LogP contribution in [0.1, 0.15) is 6.42 Å². The van der Waals surface area contributed by atoms with Crippen molar-refractivity contribution in [1.82, 2.24) is 0 Å². The highest BCUT2D eigenvalue weighted by atomic mass is 32.2. The first kappa shape index (κ1) is 19.1. The molecule has 13 heavy (non-hydrogen) atoms. The summed E-state index contributed by atoms with van der Waals surface area (Å²) < 4.78 is 59.2. The predicted molar refractivity (Wildman–Crippen MR) is 56.8 cm³/mol. The molecule has 0 N–H and O–H groups in total. The van der Waals surface area contributed by atoms with Gasteiger partial charge in [-0.2, -0.15) is 0 Å². The highest BCUT2D eigenvalue weighted by molar-refractivity contribution is 7.86. The van der Waals surface area contributed by atoms with E-state index in [1.54, 1.807) is 0 Å². The Morgan fingerprint density at radius 2 is 1.00 bits per heavy atom. The molecule has 0 aliphatic carbocycles. The number of hydrogen-bond donors (Lipinski definition) is 0. The quantitative estimate of drug-likeness (QED) is 0.394. The Bertz CT molecular complexity index is 269. The van der Waals surface area contributed by atoms with Crippen molar-refractivity contribution in [3.63, 3.8) is 0 Å². The van der Waals surface area contributed by atoms with E-state index >= 15 is 0 Å². The zero-order valence-electron chi connectivity index (χ0n) is 6.54. The normalized spacial score (nSPS) is 11.2. The van der Waals surface area contributed by atoms with Gasteiger partial charge in [0.05, 0.1) is 20.2 Å². The first-order chi connectivity index (χ1) is 4.71. The Kier molecular flexibility index (Phi) is 10.2. The lowest BCUT2D eigenvalue weighted by Gasteiger charge is -2.08. The van der Waals surface area contributed by atoms with E-state index in [9.17, 15) is 25.9 Å². The summed E-state index contributed by atoms with van der Waals surface area (Å²) in [5.41, 5.74) is 0. The summed E-state index contributed by atoms with van der Waals surface area (Å²) in [7, 11) is -8.80. The highest BCUT2D eigenvalue weighted by Crippen LogP contribution is 1.92. The fraction of sp³-hybridized carbons (Fsp3) is 1.00. The monoisotopic (exact) mass is 272 g/mol. The minimum absolute atomic E-state index is 0. The zero-order valence-corrected chi connectivity index (χ0v) is 10.5. The van der Waals surface area contributed by atoms with E-state index in [0.717, 1.165) is 0 Å². The van der Waals surface area contributed by atoms with Crippen molar-refractivity contribution in [1.29, 1.82) is 0 Å². The molecule has 0 aromatic rings. The molecule has 0 saturated heterocycles. The molecule has 0 unspecified atom stereocenters. The fourth-order valence-corrected chi connectivity index (χ4v) is 1.59. The second kappa shape index (κ2) is 6.90. The third kappa shape index (κ3) is 19.1. The fourth-order valence-electron chi connectivity index (χ4n) is 0.412. The molecule has 0 aliphatic heterocycles. The van der Waals surface area contributed by atoms with Gasteiger partial charge in [-0.25, -0.2) is 16.8 Å². The van der Waals surface area contributed by atoms with Gasteiger partial charge < -0.3 is 9.11 Å². The average Bonchev–Trinajstić information content (AvgIpc) is 1.55. The minimum Gasteiger partial charge on any atom is -0.748 e. The molecule has 0 spiro atoms. The summed E-state index contributed by atoms with van der Waals surface area (Å²) in [6.07, 6.45) is -0.433. The van der Waals surface area contributed by atoms with Gasteiger partial charge in [-0.3, -0.25) is 0 Å². The number of rotatable bonds is 4. The van der Waals surface area contributed by atoms with Crippen LogP contribution in [-0.2, 0) is 47.2 Å². The van der Waals surface area contributed by atoms with Crippen LogP contribution in [0.4, 0.5) is 0 Å². The second-order valence-electron chi connectivity index (χ2n) is 1.88. The van der Waals surface area contributed by atoms with Crippen LogP contribution in [0.5, 0.6) is 0 Å². The Morgan fingerprint density at radius 1 is 0.769 bits per heavy atom. The van der Waals surface area contributed by atoms with Crippen LogP contribution in [0.15, 0.2) is 0 Å². The Balaban J connectivity index is -0.000000500. The van der Waals surface area contributed by atoms with Gasteiger partial charge in [-0.15, -0.1) is 0 Å². The molecule has 0 fully saturated rings. The van der Waals surface area contributed by atoms with E-state index in [0.29, 0.717) is 0 Å². The van der Waals surface area contributed by atoms with Gasteiger partial charge in [-0.05, 0) is 6.42 Å². The lowest BCUT2D eigenvalue weighted by molar-refractivity contribution is 0.457. The van der Waals surface area contributed by atoms with Crippen LogP contribution in [0, 0.1) is 0 Å². The van der Waals surface area contributed by atoms with E-state index in [2.05, 4.69) is 0 Å². The largest absolute Gasteiger partial charge is 0.748 e. The summed E-state index contributed by atoms with van der Waals surface area (Å²) in [5.74, 6) is -1.62. The van der Waals surface area contributed by atoms with E-state index in [4.69, 9.17) is 0 Å². The lowest BCUT2D eigenvalue weighted by Crippen LogP contribution is -2.11. The van der Waals surface area contributed by atoms with Gasteiger partial charge in [0, 0.05) is 11.5 Å². The van der Waals surface area contributed by atoms with Crippen LogP contribution in [0.3, 0.4) is 0 Å². The van der Waals surface area contributed by atoms with Crippen molar-refractivity contribution in [2.24, 2.45) is 0 Å². The smallest absolute Gasteiger partial charge is 0.0946 e. The van der Waals surface area contributed by atoms with E-state index < -0.39 is 38.2 Å². The van der Waals surface area contributed by atoms with Gasteiger partial charge in [-0.1, -0.05) is 27.0 Å². The molecule has 10 heteroatoms. The minimum atomic E-state index is -4.40. The number of hydrogen-bond acceptors (Lipinski definition) is 6. The zero-order chi connectivity index (χ0) is 9.12. The van der Waals surface area contributed by atoms with Crippen LogP contribution in [0.25, 0.3) is 0 Å². The maximum Gasteiger partial charge on any atom is 0.0946 e. The molecule has 0 aromatic heterocycles. The van der Waals surface area contributed by atoms with Crippen LogP contribution >= 0.6 is 0 Å². The SMILES string of the molecule is O=S(=O)([O-])CCCS(=O)(=O)[O-].[SH3+].[SH3+]. The van der Waals surface area contributed by atoms with Gasteiger partial charge in [0.2, 0.25) is 0 Å². The van der Waals surface area contributed by atoms with Crippen molar-refractivity contribution in [2.75, 3.05) is 11.5 Å². The van der Waals surface area contributed by atoms with E-state index in [1.165, 1.54) is 0 Å². The Labute approximate surface area is 91.1 Å². The molecule has 0 rings (SSSR count). The van der Waals surface area contributed by atoms with Crippen LogP contribution in [0.2, 0.25) is 0 Å². The average molecular weight is 272 g/mol. The van der Waals surface area contributed by atoms with E-state index in [-0.39, 0.29) is 27.0 Å². The first-order valence-corrected chi connectivity index (χ1v) is 5.73. The molecular weight excluding hydrogens is 260 g/mol. The van der Waals surface area contributed by atoms with Crippen molar-refractivity contribution >= 4 is 47.2 Å². The predicted octanol–water partition coefficient (Wildman–Crippen LogP) is -3.14. The molecule has 0 heterocycles. The summed E-state index contributed by atoms with van der Waals surface area (Å²) in [5, 5.41) is 0. The van der Waals surface area contributed by atoms with Gasteiger partial charge >= 0.3 is 0 Å². The summed E-state index contributed by atoms with van der Waals surface area (Å²) in [6, 6.07) is 0. The molecule has 0 radical (unpaired) electrons. The molecule has 0 saturated carbocycles. The molecule has 84 valence electrons. The third-order valence-corrected chi connectivity index (χ3v) is 2.37. The maximum atomic E-state index is 9.86. The second-order valence-corrected chi connectivity index (χ2v) is 4.92. The molecule has 0 aliphatic rings. The molecule has 0 amide bonds. The summed E-state index contributed by atoms with van der Waals surface area (Å²) in [6.45, 7) is 0. The lowest BCUT2D eigenvalue weighted by atomic mass is 10.6. The van der Waals surface area contributed by atoms with Crippen molar-refractivity contribution in [3.8, 4) is 0 Å². The van der Waals surface area contributed by atoms with Crippen LogP contribution in [-0.4, -0.2) is 37.4 Å². The molecule has 0 atom stereocenters. The van der Waals surface area contributed by atoms with Crippen molar-refractivity contribution in [3.05, 3.63) is 0 Å². The summed E-state index contributed by atoms with van der Waals surface area (Å²) in [4.78, 5) is 0. The molecule has 6 nitrogen and oxygen atoms in total. The van der Waals surface area contributed by atoms with Gasteiger partial charge in [0.25, 0.3) is 0 Å². The Hall–Kier alpha value is 0.520. The molecule has 0 aromatic carbocycles. The standard InChI is InChI=1S/C3H8O6S2.2H2S/c4-10(5,6)2-1-3-11(7,8)9;;/h1-3H2,(H,4,5,6)(H,7,8,9);2*1H2. The van der Waals surface area contributed by atoms with Crippen molar-refractivity contribution < 1.29 is 25.9 Å². The Morgan fingerprint density at radius 3 is 1.15 bits per heavy atom. The van der Waals surface area contributed by atoms with E-state index in [1.807, 2.05) is 0 Å². The van der Waals surface area contributed by atoms with Crippen molar-refractivity contribution in [2.45, 2.75) is 6.42 Å². The maximum absolute atomic E-state index is 9.86. The first-order valence-electron chi connectivity index (χ1n) is 2.58. The molecular formula is C3H12O6S4. The highest BCUT2D eigenvalue weighted by Gasteiger charge is 1.98. The third-order valence-electron chi connectivity index (χ3n) is 0.789. The van der Waals surface area contributed by atoms with Gasteiger partial charge in [0.1, 0.15) is 0 Å². The van der Waals surface area contributed by atoms with Gasteiger partial charge in [0.15, 0.2) is 0 Å². The topological polar surface area (TPSA) is 114 Å². The molecule has 0 bridgehead atoms. The summed E-state index contributed by atoms with van der Waals surface area (Å²) >= 11 is 0.